The minimum Gasteiger partial charge on any atom is -0.462 e. The molecule has 1 aromatic heterocycles. The third kappa shape index (κ3) is 5.69. The summed E-state index contributed by atoms with van der Waals surface area (Å²) in [7, 11) is 0. The number of esters is 2. The molecule has 0 bridgehead atoms. The van der Waals surface area contributed by atoms with Gasteiger partial charge < -0.3 is 24.4 Å². The Morgan fingerprint density at radius 3 is 2.53 bits per heavy atom. The van der Waals surface area contributed by atoms with Crippen molar-refractivity contribution in [3.05, 3.63) is 49.9 Å². The van der Waals surface area contributed by atoms with Gasteiger partial charge in [-0.3, -0.25) is 14.9 Å². The summed E-state index contributed by atoms with van der Waals surface area (Å²) < 4.78 is 15.4. The second kappa shape index (κ2) is 11.1. The van der Waals surface area contributed by atoms with E-state index in [-0.39, 0.29) is 23.4 Å². The number of nitro benzene ring substituents is 1. The number of ether oxygens (including phenoxy) is 3. The van der Waals surface area contributed by atoms with Crippen LogP contribution in [0.15, 0.2) is 18.2 Å². The highest BCUT2D eigenvalue weighted by molar-refractivity contribution is 7.16. The summed E-state index contributed by atoms with van der Waals surface area (Å²) in [6.07, 6.45) is 0. The van der Waals surface area contributed by atoms with Crippen molar-refractivity contribution in [3.8, 4) is 0 Å². The first kappa shape index (κ1) is 25.1. The average Bonchev–Trinajstić information content (AvgIpc) is 3.10. The van der Waals surface area contributed by atoms with Crippen molar-refractivity contribution in [3.63, 3.8) is 0 Å². The van der Waals surface area contributed by atoms with Crippen LogP contribution in [0.2, 0.25) is 0 Å². The van der Waals surface area contributed by atoms with Crippen molar-refractivity contribution in [2.24, 2.45) is 0 Å². The molecule has 0 spiro atoms. The maximum atomic E-state index is 12.5. The first-order chi connectivity index (χ1) is 16.2. The molecular formula is C22H25N3O8S. The summed E-state index contributed by atoms with van der Waals surface area (Å²) in [5.74, 6) is -2.08. The molecule has 2 aromatic rings. The molecule has 0 aliphatic carbocycles. The van der Waals surface area contributed by atoms with Crippen LogP contribution in [-0.4, -0.2) is 62.3 Å². The minimum absolute atomic E-state index is 0.0495. The number of amides is 1. The molecule has 1 amide bonds. The van der Waals surface area contributed by atoms with E-state index in [0.717, 1.165) is 10.9 Å². The van der Waals surface area contributed by atoms with Crippen LogP contribution in [0.25, 0.3) is 0 Å². The van der Waals surface area contributed by atoms with Gasteiger partial charge in [0.05, 0.1) is 35.9 Å². The Morgan fingerprint density at radius 1 is 1.18 bits per heavy atom. The molecule has 0 atom stereocenters. The average molecular weight is 492 g/mol. The molecule has 0 radical (unpaired) electrons. The molecule has 1 aromatic carbocycles. The van der Waals surface area contributed by atoms with E-state index in [0.29, 0.717) is 42.6 Å². The third-order valence-electron chi connectivity index (χ3n) is 5.21. The highest BCUT2D eigenvalue weighted by Gasteiger charge is 2.25. The Bertz CT molecular complexity index is 1110. The molecule has 12 heteroatoms. The van der Waals surface area contributed by atoms with E-state index < -0.39 is 29.4 Å². The highest BCUT2D eigenvalue weighted by atomic mass is 32.1. The number of rotatable bonds is 8. The van der Waals surface area contributed by atoms with Crippen molar-refractivity contribution in [1.82, 2.24) is 0 Å². The molecule has 0 unspecified atom stereocenters. The van der Waals surface area contributed by atoms with E-state index in [1.165, 1.54) is 23.5 Å². The van der Waals surface area contributed by atoms with Crippen molar-refractivity contribution in [1.29, 1.82) is 0 Å². The van der Waals surface area contributed by atoms with Gasteiger partial charge in [0, 0.05) is 24.0 Å². The number of carbonyl (C=O) groups is 3. The van der Waals surface area contributed by atoms with Crippen LogP contribution in [0.5, 0.6) is 0 Å². The molecule has 11 nitrogen and oxygen atoms in total. The Balaban J connectivity index is 1.67. The van der Waals surface area contributed by atoms with E-state index in [4.69, 9.17) is 14.2 Å². The number of morpholine rings is 1. The Hall–Kier alpha value is -3.51. The second-order valence-corrected chi connectivity index (χ2v) is 8.62. The second-order valence-electron chi connectivity index (χ2n) is 7.39. The van der Waals surface area contributed by atoms with Gasteiger partial charge in [-0.15, -0.1) is 11.3 Å². The van der Waals surface area contributed by atoms with Crippen LogP contribution in [0.4, 0.5) is 16.4 Å². The number of hydrogen-bond donors (Lipinski definition) is 1. The van der Waals surface area contributed by atoms with Gasteiger partial charge in [0.2, 0.25) is 0 Å². The van der Waals surface area contributed by atoms with E-state index in [9.17, 15) is 24.5 Å². The van der Waals surface area contributed by atoms with Gasteiger partial charge in [0.1, 0.15) is 10.7 Å². The van der Waals surface area contributed by atoms with E-state index in [1.807, 2.05) is 11.8 Å². The number of benzene rings is 1. The fourth-order valence-electron chi connectivity index (χ4n) is 3.41. The lowest BCUT2D eigenvalue weighted by Gasteiger charge is -2.28. The van der Waals surface area contributed by atoms with Crippen molar-refractivity contribution < 1.29 is 33.5 Å². The molecule has 1 N–H and O–H groups in total. The molecule has 1 saturated heterocycles. The van der Waals surface area contributed by atoms with Gasteiger partial charge in [0.15, 0.2) is 6.61 Å². The number of thiophene rings is 1. The first-order valence-corrected chi connectivity index (χ1v) is 11.4. The summed E-state index contributed by atoms with van der Waals surface area (Å²) in [6.45, 7) is 6.72. The number of aryl methyl sites for hydroxylation is 1. The molecule has 182 valence electrons. The number of nitrogens with one attached hydrogen (secondary N) is 1. The normalized spacial score (nSPS) is 13.3. The number of anilines is 2. The van der Waals surface area contributed by atoms with Crippen LogP contribution in [0, 0.1) is 24.0 Å². The van der Waals surface area contributed by atoms with Gasteiger partial charge in [-0.2, -0.15) is 0 Å². The summed E-state index contributed by atoms with van der Waals surface area (Å²) >= 11 is 1.21. The first-order valence-electron chi connectivity index (χ1n) is 10.6. The molecular weight excluding hydrogens is 466 g/mol. The third-order valence-corrected chi connectivity index (χ3v) is 6.33. The van der Waals surface area contributed by atoms with E-state index in [1.54, 1.807) is 13.8 Å². The zero-order valence-electron chi connectivity index (χ0n) is 19.0. The summed E-state index contributed by atoms with van der Waals surface area (Å²) in [5.41, 5.74) is 1.07. The largest absolute Gasteiger partial charge is 0.462 e. The van der Waals surface area contributed by atoms with Crippen molar-refractivity contribution >= 4 is 45.6 Å². The Labute approximate surface area is 199 Å². The zero-order valence-corrected chi connectivity index (χ0v) is 19.9. The standard InChI is InChI=1S/C22H25N3O8S/c1-4-32-22(28)19-13(2)14(3)34-20(19)23-18(26)12-33-21(27)15-5-6-16(17(11-15)25(29)30)24-7-9-31-10-8-24/h5-6,11H,4,7-10,12H2,1-3H3,(H,23,26). The van der Waals surface area contributed by atoms with Crippen LogP contribution in [-0.2, 0) is 19.0 Å². The highest BCUT2D eigenvalue weighted by Crippen LogP contribution is 2.33. The van der Waals surface area contributed by atoms with Gasteiger partial charge in [0.25, 0.3) is 11.6 Å². The summed E-state index contributed by atoms with van der Waals surface area (Å²) in [5, 5.41) is 14.4. The predicted octanol–water partition coefficient (Wildman–Crippen LogP) is 3.08. The number of carbonyl (C=O) groups excluding carboxylic acids is 3. The van der Waals surface area contributed by atoms with Gasteiger partial charge in [-0.05, 0) is 38.5 Å². The fourth-order valence-corrected chi connectivity index (χ4v) is 4.47. The molecule has 34 heavy (non-hydrogen) atoms. The van der Waals surface area contributed by atoms with E-state index >= 15 is 0 Å². The quantitative estimate of drug-likeness (QED) is 0.335. The van der Waals surface area contributed by atoms with Crippen LogP contribution >= 0.6 is 11.3 Å². The predicted molar refractivity (Wildman–Crippen MR) is 125 cm³/mol. The SMILES string of the molecule is CCOC(=O)c1c(NC(=O)COC(=O)c2ccc(N3CCOCC3)c([N+](=O)[O-])c2)sc(C)c1C. The van der Waals surface area contributed by atoms with Gasteiger partial charge in [-0.25, -0.2) is 9.59 Å². The topological polar surface area (TPSA) is 137 Å². The zero-order chi connectivity index (χ0) is 24.8. The lowest BCUT2D eigenvalue weighted by molar-refractivity contribution is -0.384. The summed E-state index contributed by atoms with van der Waals surface area (Å²) in [6, 6.07) is 4.04. The lowest BCUT2D eigenvalue weighted by atomic mass is 10.1. The van der Waals surface area contributed by atoms with Gasteiger partial charge >= 0.3 is 11.9 Å². The molecule has 0 saturated carbocycles. The monoisotopic (exact) mass is 491 g/mol. The number of hydrogen-bond acceptors (Lipinski definition) is 10. The van der Waals surface area contributed by atoms with Crippen LogP contribution < -0.4 is 10.2 Å². The van der Waals surface area contributed by atoms with Crippen LogP contribution in [0.3, 0.4) is 0 Å². The molecule has 1 aliphatic rings. The maximum Gasteiger partial charge on any atom is 0.341 e. The van der Waals surface area contributed by atoms with Gasteiger partial charge in [-0.1, -0.05) is 0 Å². The molecule has 2 heterocycles. The fraction of sp³-hybridized carbons (Fsp3) is 0.409. The number of nitro groups is 1. The maximum absolute atomic E-state index is 12.5. The Kier molecular flexibility index (Phi) is 8.18. The van der Waals surface area contributed by atoms with Crippen LogP contribution in [0.1, 0.15) is 38.1 Å². The molecule has 3 rings (SSSR count). The smallest absolute Gasteiger partial charge is 0.341 e. The number of nitrogens with zero attached hydrogens (tertiary/aromatic N) is 2. The molecule has 1 fully saturated rings. The minimum atomic E-state index is -0.879. The van der Waals surface area contributed by atoms with Crippen molar-refractivity contribution in [2.45, 2.75) is 20.8 Å². The van der Waals surface area contributed by atoms with Crippen molar-refractivity contribution in [2.75, 3.05) is 49.7 Å². The lowest BCUT2D eigenvalue weighted by Crippen LogP contribution is -2.36. The van der Waals surface area contributed by atoms with E-state index in [2.05, 4.69) is 5.32 Å². The summed E-state index contributed by atoms with van der Waals surface area (Å²) in [4.78, 5) is 50.7. The molecule has 1 aliphatic heterocycles. The Morgan fingerprint density at radius 2 is 1.88 bits per heavy atom.